The van der Waals surface area contributed by atoms with Gasteiger partial charge in [0.25, 0.3) is 0 Å². The minimum absolute atomic E-state index is 0.0626. The van der Waals surface area contributed by atoms with Crippen molar-refractivity contribution in [2.45, 2.75) is 33.2 Å². The molecule has 2 rings (SSSR count). The molecule has 0 saturated heterocycles. The summed E-state index contributed by atoms with van der Waals surface area (Å²) in [7, 11) is 0. The standard InChI is InChI=1S/C16H19NO2S2/c1-3-11(4-2)16(19)17-10-12-7-8-14(21-12)15(18)13-6-5-9-20-13/h5-9,11H,3-4,10H2,1-2H3,(H,17,19). The highest BCUT2D eigenvalue weighted by Crippen LogP contribution is 2.22. The van der Waals surface area contributed by atoms with E-state index in [0.717, 1.165) is 27.5 Å². The summed E-state index contributed by atoms with van der Waals surface area (Å²) >= 11 is 2.90. The maximum absolute atomic E-state index is 12.2. The zero-order valence-corrected chi connectivity index (χ0v) is 13.9. The van der Waals surface area contributed by atoms with E-state index in [-0.39, 0.29) is 17.6 Å². The molecule has 0 radical (unpaired) electrons. The van der Waals surface area contributed by atoms with Crippen LogP contribution in [-0.2, 0) is 11.3 Å². The summed E-state index contributed by atoms with van der Waals surface area (Å²) in [5.74, 6) is 0.240. The zero-order valence-electron chi connectivity index (χ0n) is 12.2. The second kappa shape index (κ2) is 7.52. The number of nitrogens with one attached hydrogen (secondary N) is 1. The predicted octanol–water partition coefficient (Wildman–Crippen LogP) is 4.09. The number of thiophene rings is 2. The van der Waals surface area contributed by atoms with Gasteiger partial charge in [0.2, 0.25) is 11.7 Å². The first-order valence-electron chi connectivity index (χ1n) is 7.10. The Morgan fingerprint density at radius 3 is 2.52 bits per heavy atom. The van der Waals surface area contributed by atoms with Gasteiger partial charge in [0, 0.05) is 10.8 Å². The van der Waals surface area contributed by atoms with Crippen LogP contribution >= 0.6 is 22.7 Å². The van der Waals surface area contributed by atoms with Crippen LogP contribution in [0.4, 0.5) is 0 Å². The van der Waals surface area contributed by atoms with Gasteiger partial charge in [-0.25, -0.2) is 0 Å². The van der Waals surface area contributed by atoms with E-state index in [1.165, 1.54) is 22.7 Å². The summed E-state index contributed by atoms with van der Waals surface area (Å²) in [6.45, 7) is 4.55. The number of amides is 1. The van der Waals surface area contributed by atoms with Crippen LogP contribution in [0.2, 0.25) is 0 Å². The smallest absolute Gasteiger partial charge is 0.223 e. The van der Waals surface area contributed by atoms with Crippen molar-refractivity contribution in [1.82, 2.24) is 5.32 Å². The molecule has 2 aromatic rings. The fourth-order valence-corrected chi connectivity index (χ4v) is 3.75. The summed E-state index contributed by atoms with van der Waals surface area (Å²) in [6, 6.07) is 7.47. The Morgan fingerprint density at radius 2 is 1.90 bits per heavy atom. The average Bonchev–Trinajstić information content (AvgIpc) is 3.17. The molecule has 2 heterocycles. The number of ketones is 1. The molecule has 1 amide bonds. The molecule has 2 aromatic heterocycles. The van der Waals surface area contributed by atoms with Gasteiger partial charge in [0.05, 0.1) is 16.3 Å². The van der Waals surface area contributed by atoms with Gasteiger partial charge in [0.1, 0.15) is 0 Å². The zero-order chi connectivity index (χ0) is 15.2. The fourth-order valence-electron chi connectivity index (χ4n) is 2.10. The Labute approximate surface area is 133 Å². The predicted molar refractivity (Wildman–Crippen MR) is 88.0 cm³/mol. The van der Waals surface area contributed by atoms with Gasteiger partial charge < -0.3 is 5.32 Å². The van der Waals surface area contributed by atoms with Crippen molar-refractivity contribution in [3.63, 3.8) is 0 Å². The number of carbonyl (C=O) groups is 2. The topological polar surface area (TPSA) is 46.2 Å². The second-order valence-corrected chi connectivity index (χ2v) is 6.92. The highest BCUT2D eigenvalue weighted by molar-refractivity contribution is 7.16. The number of rotatable bonds is 7. The van der Waals surface area contributed by atoms with Gasteiger partial charge in [-0.2, -0.15) is 0 Å². The van der Waals surface area contributed by atoms with Crippen molar-refractivity contribution >= 4 is 34.4 Å². The molecular formula is C16H19NO2S2. The summed E-state index contributed by atoms with van der Waals surface area (Å²) in [5.41, 5.74) is 0. The van der Waals surface area contributed by atoms with Gasteiger partial charge in [0.15, 0.2) is 0 Å². The SMILES string of the molecule is CCC(CC)C(=O)NCc1ccc(C(=O)c2cccs2)s1. The molecule has 0 aliphatic heterocycles. The molecule has 0 bridgehead atoms. The van der Waals surface area contributed by atoms with E-state index in [4.69, 9.17) is 0 Å². The van der Waals surface area contributed by atoms with Crippen LogP contribution in [0.25, 0.3) is 0 Å². The minimum atomic E-state index is 0.0626. The summed E-state index contributed by atoms with van der Waals surface area (Å²) in [5, 5.41) is 4.85. The minimum Gasteiger partial charge on any atom is -0.351 e. The number of hydrogen-bond donors (Lipinski definition) is 1. The number of hydrogen-bond acceptors (Lipinski definition) is 4. The van der Waals surface area contributed by atoms with Crippen molar-refractivity contribution < 1.29 is 9.59 Å². The van der Waals surface area contributed by atoms with E-state index in [1.54, 1.807) is 0 Å². The molecule has 3 nitrogen and oxygen atoms in total. The van der Waals surface area contributed by atoms with Crippen LogP contribution in [0.1, 0.15) is 46.1 Å². The van der Waals surface area contributed by atoms with Crippen molar-refractivity contribution in [2.75, 3.05) is 0 Å². The van der Waals surface area contributed by atoms with E-state index in [9.17, 15) is 9.59 Å². The van der Waals surface area contributed by atoms with Gasteiger partial charge in [-0.3, -0.25) is 9.59 Å². The molecular weight excluding hydrogens is 302 g/mol. The van der Waals surface area contributed by atoms with E-state index >= 15 is 0 Å². The van der Waals surface area contributed by atoms with E-state index in [2.05, 4.69) is 5.32 Å². The van der Waals surface area contributed by atoms with E-state index < -0.39 is 0 Å². The lowest BCUT2D eigenvalue weighted by Gasteiger charge is -2.11. The Kier molecular flexibility index (Phi) is 5.70. The molecule has 1 N–H and O–H groups in total. The summed E-state index contributed by atoms with van der Waals surface area (Å²) in [4.78, 5) is 26.6. The second-order valence-electron chi connectivity index (χ2n) is 4.80. The third-order valence-corrected chi connectivity index (χ3v) is 5.38. The summed E-state index contributed by atoms with van der Waals surface area (Å²) < 4.78 is 0. The molecule has 5 heteroatoms. The van der Waals surface area contributed by atoms with Crippen molar-refractivity contribution in [3.8, 4) is 0 Å². The van der Waals surface area contributed by atoms with Crippen LogP contribution in [0, 0.1) is 5.92 Å². The first-order chi connectivity index (χ1) is 10.2. The third-order valence-electron chi connectivity index (χ3n) is 3.42. The lowest BCUT2D eigenvalue weighted by molar-refractivity contribution is -0.125. The molecule has 21 heavy (non-hydrogen) atoms. The van der Waals surface area contributed by atoms with Gasteiger partial charge in [-0.1, -0.05) is 19.9 Å². The molecule has 0 atom stereocenters. The number of carbonyl (C=O) groups excluding carboxylic acids is 2. The Bertz CT molecular complexity index is 598. The molecule has 0 aliphatic carbocycles. The Hall–Kier alpha value is -1.46. The van der Waals surface area contributed by atoms with Gasteiger partial charge in [-0.15, -0.1) is 22.7 Å². The average molecular weight is 321 g/mol. The fraction of sp³-hybridized carbons (Fsp3) is 0.375. The molecule has 0 unspecified atom stereocenters. The molecule has 0 fully saturated rings. The van der Waals surface area contributed by atoms with Crippen LogP contribution in [0.15, 0.2) is 29.6 Å². The van der Waals surface area contributed by atoms with Crippen LogP contribution in [0.3, 0.4) is 0 Å². The lowest BCUT2D eigenvalue weighted by atomic mass is 10.0. The first kappa shape index (κ1) is 15.9. The molecule has 0 spiro atoms. The first-order valence-corrected chi connectivity index (χ1v) is 8.79. The van der Waals surface area contributed by atoms with Crippen LogP contribution < -0.4 is 5.32 Å². The maximum Gasteiger partial charge on any atom is 0.223 e. The van der Waals surface area contributed by atoms with Crippen LogP contribution in [0.5, 0.6) is 0 Å². The summed E-state index contributed by atoms with van der Waals surface area (Å²) in [6.07, 6.45) is 1.71. The van der Waals surface area contributed by atoms with Crippen molar-refractivity contribution in [1.29, 1.82) is 0 Å². The van der Waals surface area contributed by atoms with E-state index in [1.807, 2.05) is 43.5 Å². The largest absolute Gasteiger partial charge is 0.351 e. The van der Waals surface area contributed by atoms with E-state index in [0.29, 0.717) is 6.54 Å². The highest BCUT2D eigenvalue weighted by atomic mass is 32.1. The molecule has 0 aliphatic rings. The molecule has 0 aromatic carbocycles. The van der Waals surface area contributed by atoms with Gasteiger partial charge >= 0.3 is 0 Å². The molecule has 0 saturated carbocycles. The quantitative estimate of drug-likeness (QED) is 0.781. The van der Waals surface area contributed by atoms with Crippen molar-refractivity contribution in [2.24, 2.45) is 5.92 Å². The molecule has 112 valence electrons. The normalized spacial score (nSPS) is 10.8. The lowest BCUT2D eigenvalue weighted by Crippen LogP contribution is -2.29. The highest BCUT2D eigenvalue weighted by Gasteiger charge is 2.15. The van der Waals surface area contributed by atoms with Crippen molar-refractivity contribution in [3.05, 3.63) is 44.3 Å². The third kappa shape index (κ3) is 4.02. The maximum atomic E-state index is 12.2. The Balaban J connectivity index is 1.95. The Morgan fingerprint density at radius 1 is 1.14 bits per heavy atom. The van der Waals surface area contributed by atoms with Gasteiger partial charge in [-0.05, 0) is 36.4 Å². The van der Waals surface area contributed by atoms with Crippen LogP contribution in [-0.4, -0.2) is 11.7 Å². The monoisotopic (exact) mass is 321 g/mol.